The molecule has 2 unspecified atom stereocenters. The molecule has 1 aliphatic heterocycles. The number of rotatable bonds is 3. The second kappa shape index (κ2) is 4.47. The van der Waals surface area contributed by atoms with Crippen molar-refractivity contribution in [1.29, 1.82) is 0 Å². The van der Waals surface area contributed by atoms with Crippen LogP contribution in [0, 0.1) is 5.92 Å². The SMILES string of the molecule is CC(C)CC1NC(=O)CC1(C)c1cccnc1. The average Bonchev–Trinajstić information content (AvgIpc) is 2.55. The van der Waals surface area contributed by atoms with Crippen LogP contribution in [0.3, 0.4) is 0 Å². The summed E-state index contributed by atoms with van der Waals surface area (Å²) in [5.41, 5.74) is 1.04. The topological polar surface area (TPSA) is 42.0 Å². The van der Waals surface area contributed by atoms with Crippen LogP contribution in [0.2, 0.25) is 0 Å². The molecule has 0 aromatic carbocycles. The molecule has 1 aromatic heterocycles. The third-order valence-corrected chi connectivity index (χ3v) is 3.66. The highest BCUT2D eigenvalue weighted by Gasteiger charge is 2.44. The summed E-state index contributed by atoms with van der Waals surface area (Å²) in [5, 5.41) is 3.11. The lowest BCUT2D eigenvalue weighted by molar-refractivity contribution is -0.119. The molecule has 0 saturated carbocycles. The second-order valence-electron chi connectivity index (χ2n) is 5.59. The van der Waals surface area contributed by atoms with Gasteiger partial charge in [-0.15, -0.1) is 0 Å². The number of amides is 1. The zero-order chi connectivity index (χ0) is 12.5. The van der Waals surface area contributed by atoms with Gasteiger partial charge in [0.05, 0.1) is 0 Å². The number of aromatic nitrogens is 1. The van der Waals surface area contributed by atoms with Crippen LogP contribution in [0.1, 0.15) is 39.2 Å². The maximum absolute atomic E-state index is 11.7. The molecule has 0 bridgehead atoms. The van der Waals surface area contributed by atoms with Gasteiger partial charge in [0.25, 0.3) is 0 Å². The number of pyridine rings is 1. The van der Waals surface area contributed by atoms with Crippen molar-refractivity contribution in [3.63, 3.8) is 0 Å². The van der Waals surface area contributed by atoms with E-state index in [4.69, 9.17) is 0 Å². The highest BCUT2D eigenvalue weighted by molar-refractivity contribution is 5.81. The highest BCUT2D eigenvalue weighted by atomic mass is 16.2. The molecule has 92 valence electrons. The largest absolute Gasteiger partial charge is 0.352 e. The Balaban J connectivity index is 2.30. The normalized spacial score (nSPS) is 28.5. The number of carbonyl (C=O) groups excluding carboxylic acids is 1. The molecule has 0 radical (unpaired) electrons. The van der Waals surface area contributed by atoms with Crippen LogP contribution < -0.4 is 5.32 Å². The number of nitrogens with zero attached hydrogens (tertiary/aromatic N) is 1. The molecule has 1 N–H and O–H groups in total. The Bertz CT molecular complexity index is 402. The molecular weight excluding hydrogens is 212 g/mol. The third-order valence-electron chi connectivity index (χ3n) is 3.66. The number of hydrogen-bond acceptors (Lipinski definition) is 2. The van der Waals surface area contributed by atoms with Gasteiger partial charge < -0.3 is 5.32 Å². The Hall–Kier alpha value is -1.38. The fourth-order valence-electron chi connectivity index (χ4n) is 2.66. The van der Waals surface area contributed by atoms with Crippen molar-refractivity contribution in [2.24, 2.45) is 5.92 Å². The molecule has 2 atom stereocenters. The van der Waals surface area contributed by atoms with Crippen LogP contribution in [-0.4, -0.2) is 16.9 Å². The van der Waals surface area contributed by atoms with Crippen molar-refractivity contribution in [2.45, 2.75) is 45.1 Å². The smallest absolute Gasteiger partial charge is 0.221 e. The molecule has 3 heteroatoms. The van der Waals surface area contributed by atoms with Gasteiger partial charge >= 0.3 is 0 Å². The summed E-state index contributed by atoms with van der Waals surface area (Å²) in [6.45, 7) is 6.54. The van der Waals surface area contributed by atoms with Crippen LogP contribution in [-0.2, 0) is 10.2 Å². The monoisotopic (exact) mass is 232 g/mol. The lowest BCUT2D eigenvalue weighted by Gasteiger charge is -2.31. The quantitative estimate of drug-likeness (QED) is 0.868. The van der Waals surface area contributed by atoms with Crippen molar-refractivity contribution in [2.75, 3.05) is 0 Å². The minimum atomic E-state index is -0.115. The molecule has 1 aliphatic rings. The lowest BCUT2D eigenvalue weighted by Crippen LogP contribution is -2.39. The number of nitrogens with one attached hydrogen (secondary N) is 1. The van der Waals surface area contributed by atoms with Crippen molar-refractivity contribution < 1.29 is 4.79 Å². The molecule has 2 heterocycles. The van der Waals surface area contributed by atoms with E-state index in [-0.39, 0.29) is 17.4 Å². The number of hydrogen-bond donors (Lipinski definition) is 1. The van der Waals surface area contributed by atoms with Crippen LogP contribution >= 0.6 is 0 Å². The summed E-state index contributed by atoms with van der Waals surface area (Å²) < 4.78 is 0. The Morgan fingerprint density at radius 2 is 2.35 bits per heavy atom. The molecule has 1 aromatic rings. The molecule has 3 nitrogen and oxygen atoms in total. The van der Waals surface area contributed by atoms with Crippen LogP contribution in [0.5, 0.6) is 0 Å². The van der Waals surface area contributed by atoms with E-state index < -0.39 is 0 Å². The van der Waals surface area contributed by atoms with Gasteiger partial charge in [-0.2, -0.15) is 0 Å². The van der Waals surface area contributed by atoms with Gasteiger partial charge in [-0.1, -0.05) is 26.8 Å². The third kappa shape index (κ3) is 2.33. The van der Waals surface area contributed by atoms with Crippen molar-refractivity contribution in [3.8, 4) is 0 Å². The summed E-state index contributed by atoms with van der Waals surface area (Å²) in [4.78, 5) is 15.9. The predicted octanol–water partition coefficient (Wildman–Crippen LogP) is 2.27. The fraction of sp³-hybridized carbons (Fsp3) is 0.571. The van der Waals surface area contributed by atoms with E-state index in [0.29, 0.717) is 12.3 Å². The van der Waals surface area contributed by atoms with E-state index in [1.807, 2.05) is 12.3 Å². The molecule has 1 saturated heterocycles. The number of carbonyl (C=O) groups is 1. The van der Waals surface area contributed by atoms with Gasteiger partial charge in [-0.25, -0.2) is 0 Å². The maximum atomic E-state index is 11.7. The van der Waals surface area contributed by atoms with Gasteiger partial charge in [-0.3, -0.25) is 9.78 Å². The van der Waals surface area contributed by atoms with E-state index in [0.717, 1.165) is 12.0 Å². The van der Waals surface area contributed by atoms with Gasteiger partial charge in [0.1, 0.15) is 0 Å². The van der Waals surface area contributed by atoms with E-state index >= 15 is 0 Å². The van der Waals surface area contributed by atoms with E-state index in [2.05, 4.69) is 37.1 Å². The summed E-state index contributed by atoms with van der Waals surface area (Å²) >= 11 is 0. The molecule has 17 heavy (non-hydrogen) atoms. The minimum Gasteiger partial charge on any atom is -0.352 e. The predicted molar refractivity (Wildman–Crippen MR) is 67.6 cm³/mol. The molecule has 2 rings (SSSR count). The summed E-state index contributed by atoms with van der Waals surface area (Å²) in [7, 11) is 0. The highest BCUT2D eigenvalue weighted by Crippen LogP contribution is 2.37. The molecule has 1 fully saturated rings. The first-order valence-electron chi connectivity index (χ1n) is 6.22. The Morgan fingerprint density at radius 1 is 1.59 bits per heavy atom. The van der Waals surface area contributed by atoms with E-state index in [1.54, 1.807) is 6.20 Å². The summed E-state index contributed by atoms with van der Waals surface area (Å²) in [6, 6.07) is 4.23. The first-order chi connectivity index (χ1) is 8.02. The summed E-state index contributed by atoms with van der Waals surface area (Å²) in [5.74, 6) is 0.733. The first kappa shape index (κ1) is 12.1. The second-order valence-corrected chi connectivity index (χ2v) is 5.59. The standard InChI is InChI=1S/C14H20N2O/c1-10(2)7-12-14(3,8-13(17)16-12)11-5-4-6-15-9-11/h4-6,9-10,12H,7-8H2,1-3H3,(H,16,17). The molecule has 0 spiro atoms. The fourth-order valence-corrected chi connectivity index (χ4v) is 2.66. The molecule has 1 amide bonds. The van der Waals surface area contributed by atoms with Gasteiger partial charge in [0.2, 0.25) is 5.91 Å². The Labute approximate surface area is 103 Å². The van der Waals surface area contributed by atoms with Crippen LogP contribution in [0.15, 0.2) is 24.5 Å². The average molecular weight is 232 g/mol. The minimum absolute atomic E-state index is 0.115. The first-order valence-corrected chi connectivity index (χ1v) is 6.22. The maximum Gasteiger partial charge on any atom is 0.221 e. The van der Waals surface area contributed by atoms with E-state index in [1.165, 1.54) is 0 Å². The van der Waals surface area contributed by atoms with E-state index in [9.17, 15) is 4.79 Å². The van der Waals surface area contributed by atoms with Crippen molar-refractivity contribution in [1.82, 2.24) is 10.3 Å². The summed E-state index contributed by atoms with van der Waals surface area (Å²) in [6.07, 6.45) is 5.23. The van der Waals surface area contributed by atoms with Crippen molar-refractivity contribution >= 4 is 5.91 Å². The zero-order valence-electron chi connectivity index (χ0n) is 10.7. The zero-order valence-corrected chi connectivity index (χ0v) is 10.7. The van der Waals surface area contributed by atoms with Crippen LogP contribution in [0.4, 0.5) is 0 Å². The molecule has 0 aliphatic carbocycles. The van der Waals surface area contributed by atoms with Gasteiger partial charge in [-0.05, 0) is 24.0 Å². The molecular formula is C14H20N2O. The van der Waals surface area contributed by atoms with Crippen molar-refractivity contribution in [3.05, 3.63) is 30.1 Å². The lowest BCUT2D eigenvalue weighted by atomic mass is 9.74. The van der Waals surface area contributed by atoms with Gasteiger partial charge in [0, 0.05) is 30.3 Å². The Kier molecular flexibility index (Phi) is 3.18. The van der Waals surface area contributed by atoms with Gasteiger partial charge in [0.15, 0.2) is 0 Å². The van der Waals surface area contributed by atoms with Crippen LogP contribution in [0.25, 0.3) is 0 Å². The Morgan fingerprint density at radius 3 is 2.94 bits per heavy atom.